The van der Waals surface area contributed by atoms with Gasteiger partial charge in [-0.25, -0.2) is 0 Å². The molecule has 1 aliphatic rings. The summed E-state index contributed by atoms with van der Waals surface area (Å²) in [5.41, 5.74) is 1.55. The topological polar surface area (TPSA) is 12.0 Å². The molecule has 1 heterocycles. The highest BCUT2D eigenvalue weighted by molar-refractivity contribution is 9.10. The molecule has 0 radical (unpaired) electrons. The zero-order valence-corrected chi connectivity index (χ0v) is 15.6. The second kappa shape index (κ2) is 7.42. The molecule has 0 saturated heterocycles. The molecule has 0 amide bonds. The summed E-state index contributed by atoms with van der Waals surface area (Å²) in [6.07, 6.45) is 4.13. The fourth-order valence-corrected chi connectivity index (χ4v) is 5.10. The van der Waals surface area contributed by atoms with E-state index in [4.69, 9.17) is 0 Å². The summed E-state index contributed by atoms with van der Waals surface area (Å²) in [6.45, 7) is 10.4. The van der Waals surface area contributed by atoms with Crippen molar-refractivity contribution in [1.29, 1.82) is 0 Å². The highest BCUT2D eigenvalue weighted by atomic mass is 79.9. The van der Waals surface area contributed by atoms with Crippen LogP contribution in [-0.2, 0) is 0 Å². The number of hydrogen-bond acceptors (Lipinski definition) is 2. The molecule has 1 N–H and O–H groups in total. The number of thiophene rings is 1. The number of rotatable bonds is 5. The van der Waals surface area contributed by atoms with Crippen molar-refractivity contribution in [2.45, 2.75) is 58.9 Å². The Hall–Kier alpha value is 0.140. The first-order valence-corrected chi connectivity index (χ1v) is 9.67. The average molecular weight is 358 g/mol. The molecule has 1 saturated carbocycles. The second-order valence-electron chi connectivity index (χ2n) is 6.92. The summed E-state index contributed by atoms with van der Waals surface area (Å²) in [6, 6.07) is 0.587. The van der Waals surface area contributed by atoms with E-state index < -0.39 is 0 Å². The van der Waals surface area contributed by atoms with Crippen LogP contribution in [0.5, 0.6) is 0 Å². The van der Waals surface area contributed by atoms with Crippen molar-refractivity contribution in [3.05, 3.63) is 20.8 Å². The molecule has 3 heteroatoms. The highest BCUT2D eigenvalue weighted by Gasteiger charge is 2.33. The Balaban J connectivity index is 2.12. The monoisotopic (exact) mass is 357 g/mol. The maximum Gasteiger partial charge on any atom is 0.0317 e. The summed E-state index contributed by atoms with van der Waals surface area (Å²) in [4.78, 5) is 0. The minimum Gasteiger partial charge on any atom is -0.314 e. The Bertz CT molecular complexity index is 413. The van der Waals surface area contributed by atoms with Crippen LogP contribution >= 0.6 is 27.3 Å². The summed E-state index contributed by atoms with van der Waals surface area (Å²) < 4.78 is 1.33. The van der Waals surface area contributed by atoms with E-state index >= 15 is 0 Å². The SMILES string of the molecule is CC(C)NCC1CCC(C(C)C)CC1c1cscc1Br. The predicted octanol–water partition coefficient (Wildman–Crippen LogP) is 5.66. The van der Waals surface area contributed by atoms with Crippen LogP contribution in [0.3, 0.4) is 0 Å². The Kier molecular flexibility index (Phi) is 6.12. The average Bonchev–Trinajstić information content (AvgIpc) is 2.82. The first-order valence-electron chi connectivity index (χ1n) is 7.94. The van der Waals surface area contributed by atoms with Crippen molar-refractivity contribution in [2.24, 2.45) is 17.8 Å². The van der Waals surface area contributed by atoms with Crippen LogP contribution < -0.4 is 5.32 Å². The third-order valence-electron chi connectivity index (χ3n) is 4.81. The van der Waals surface area contributed by atoms with Crippen LogP contribution in [0.2, 0.25) is 0 Å². The van der Waals surface area contributed by atoms with Crippen molar-refractivity contribution < 1.29 is 0 Å². The lowest BCUT2D eigenvalue weighted by Crippen LogP contribution is -2.35. The first-order chi connectivity index (χ1) is 9.49. The molecule has 0 bridgehead atoms. The summed E-state index contributed by atoms with van der Waals surface area (Å²) in [7, 11) is 0. The fraction of sp³-hybridized carbons (Fsp3) is 0.765. The molecule has 0 spiro atoms. The van der Waals surface area contributed by atoms with Gasteiger partial charge in [0.1, 0.15) is 0 Å². The Morgan fingerprint density at radius 2 is 2.00 bits per heavy atom. The molecule has 0 aromatic carbocycles. The van der Waals surface area contributed by atoms with Crippen molar-refractivity contribution >= 4 is 27.3 Å². The largest absolute Gasteiger partial charge is 0.314 e. The minimum atomic E-state index is 0.587. The van der Waals surface area contributed by atoms with Crippen molar-refractivity contribution in [1.82, 2.24) is 5.32 Å². The Morgan fingerprint density at radius 1 is 1.25 bits per heavy atom. The predicted molar refractivity (Wildman–Crippen MR) is 93.6 cm³/mol. The van der Waals surface area contributed by atoms with E-state index in [1.54, 1.807) is 5.56 Å². The van der Waals surface area contributed by atoms with Gasteiger partial charge in [0.15, 0.2) is 0 Å². The third-order valence-corrected chi connectivity index (χ3v) is 6.56. The van der Waals surface area contributed by atoms with Crippen LogP contribution in [0, 0.1) is 17.8 Å². The van der Waals surface area contributed by atoms with Gasteiger partial charge in [-0.3, -0.25) is 0 Å². The first kappa shape index (κ1) is 16.5. The van der Waals surface area contributed by atoms with Gasteiger partial charge in [0.05, 0.1) is 0 Å². The van der Waals surface area contributed by atoms with Gasteiger partial charge in [-0.05, 0) is 76.4 Å². The van der Waals surface area contributed by atoms with Crippen LogP contribution in [-0.4, -0.2) is 12.6 Å². The lowest BCUT2D eigenvalue weighted by molar-refractivity contribution is 0.188. The summed E-state index contributed by atoms with van der Waals surface area (Å²) in [5, 5.41) is 8.26. The molecule has 1 nitrogen and oxygen atoms in total. The maximum absolute atomic E-state index is 3.76. The van der Waals surface area contributed by atoms with Crippen molar-refractivity contribution in [3.8, 4) is 0 Å². The zero-order valence-electron chi connectivity index (χ0n) is 13.2. The Morgan fingerprint density at radius 3 is 2.55 bits per heavy atom. The lowest BCUT2D eigenvalue weighted by atomic mass is 9.68. The standard InChI is InChI=1S/C17H28BrNS/c1-11(2)13-5-6-14(8-19-12(3)4)15(7-13)16-9-20-10-17(16)18/h9-15,19H,5-8H2,1-4H3. The molecule has 0 aliphatic heterocycles. The van der Waals surface area contributed by atoms with Crippen molar-refractivity contribution in [3.63, 3.8) is 0 Å². The van der Waals surface area contributed by atoms with Crippen LogP contribution in [0.25, 0.3) is 0 Å². The van der Waals surface area contributed by atoms with Gasteiger partial charge in [0.25, 0.3) is 0 Å². The third kappa shape index (κ3) is 4.08. The van der Waals surface area contributed by atoms with Gasteiger partial charge in [-0.15, -0.1) is 0 Å². The molecule has 3 atom stereocenters. The molecule has 2 rings (SSSR count). The van der Waals surface area contributed by atoms with E-state index in [2.05, 4.69) is 59.7 Å². The number of halogens is 1. The molecule has 1 fully saturated rings. The van der Waals surface area contributed by atoms with Crippen LogP contribution in [0.1, 0.15) is 58.4 Å². The summed E-state index contributed by atoms with van der Waals surface area (Å²) in [5.74, 6) is 3.22. The van der Waals surface area contributed by atoms with Gasteiger partial charge in [0, 0.05) is 15.9 Å². The molecular formula is C17H28BrNS. The smallest absolute Gasteiger partial charge is 0.0317 e. The van der Waals surface area contributed by atoms with E-state index in [1.807, 2.05) is 11.3 Å². The molecule has 1 aromatic heterocycles. The van der Waals surface area contributed by atoms with E-state index in [9.17, 15) is 0 Å². The van der Waals surface area contributed by atoms with Gasteiger partial charge in [0.2, 0.25) is 0 Å². The van der Waals surface area contributed by atoms with E-state index in [-0.39, 0.29) is 0 Å². The normalized spacial score (nSPS) is 27.4. The minimum absolute atomic E-state index is 0.587. The molecular weight excluding hydrogens is 330 g/mol. The second-order valence-corrected chi connectivity index (χ2v) is 8.52. The van der Waals surface area contributed by atoms with Gasteiger partial charge in [-0.1, -0.05) is 27.7 Å². The molecule has 20 heavy (non-hydrogen) atoms. The van der Waals surface area contributed by atoms with Crippen molar-refractivity contribution in [2.75, 3.05) is 6.54 Å². The van der Waals surface area contributed by atoms with E-state index in [1.165, 1.54) is 23.7 Å². The molecule has 1 aromatic rings. The molecule has 3 unspecified atom stereocenters. The highest BCUT2D eigenvalue weighted by Crippen LogP contribution is 2.45. The summed E-state index contributed by atoms with van der Waals surface area (Å²) >= 11 is 5.58. The lowest BCUT2D eigenvalue weighted by Gasteiger charge is -2.38. The van der Waals surface area contributed by atoms with Gasteiger partial charge >= 0.3 is 0 Å². The van der Waals surface area contributed by atoms with Crippen LogP contribution in [0.4, 0.5) is 0 Å². The van der Waals surface area contributed by atoms with Gasteiger partial charge < -0.3 is 5.32 Å². The number of nitrogens with one attached hydrogen (secondary N) is 1. The fourth-order valence-electron chi connectivity index (χ4n) is 3.44. The molecule has 1 aliphatic carbocycles. The maximum atomic E-state index is 3.76. The van der Waals surface area contributed by atoms with Gasteiger partial charge in [-0.2, -0.15) is 11.3 Å². The van der Waals surface area contributed by atoms with Crippen LogP contribution in [0.15, 0.2) is 15.2 Å². The molecule has 114 valence electrons. The van der Waals surface area contributed by atoms with E-state index in [0.29, 0.717) is 6.04 Å². The zero-order chi connectivity index (χ0) is 14.7. The number of hydrogen-bond donors (Lipinski definition) is 1. The van der Waals surface area contributed by atoms with E-state index in [0.717, 1.165) is 30.2 Å². The Labute approximate surface area is 136 Å². The quantitative estimate of drug-likeness (QED) is 0.716.